The second-order valence-electron chi connectivity index (χ2n) is 3.73. The number of rotatable bonds is 2. The third kappa shape index (κ3) is 2.64. The number of aliphatic hydroxyl groups excluding tert-OH is 1. The van der Waals surface area contributed by atoms with Gasteiger partial charge in [-0.2, -0.15) is 0 Å². The second-order valence-corrected chi connectivity index (χ2v) is 3.73. The lowest BCUT2D eigenvalue weighted by molar-refractivity contribution is -0.300. The first-order valence-corrected chi connectivity index (χ1v) is 3.77. The molecular weight excluding hydrogens is 156 g/mol. The van der Waals surface area contributed by atoms with Gasteiger partial charge in [0.2, 0.25) is 0 Å². The zero-order valence-electron chi connectivity index (χ0n) is 7.85. The largest absolute Gasteiger partial charge is 0.400 e. The Morgan fingerprint density at radius 3 is 2.00 bits per heavy atom. The Kier molecular flexibility index (Phi) is 3.42. The highest BCUT2D eigenvalue weighted by Crippen LogP contribution is 2.25. The minimum absolute atomic E-state index is 0.211. The minimum atomic E-state index is -0.356. The van der Waals surface area contributed by atoms with Gasteiger partial charge in [-0.05, 0) is 5.41 Å². The van der Waals surface area contributed by atoms with Crippen molar-refractivity contribution >= 4 is 5.91 Å². The highest BCUT2D eigenvalue weighted by atomic mass is 16.3. The van der Waals surface area contributed by atoms with Crippen LogP contribution >= 0.6 is 0 Å². The average molecular weight is 173 g/mol. The Hall–Kier alpha value is -0.870. The lowest BCUT2D eigenvalue weighted by atomic mass is 9.84. The van der Waals surface area contributed by atoms with Crippen LogP contribution in [0.1, 0.15) is 20.8 Å². The molecule has 0 aromatic rings. The van der Waals surface area contributed by atoms with Crippen molar-refractivity contribution in [3.63, 3.8) is 0 Å². The van der Waals surface area contributed by atoms with Gasteiger partial charge in [-0.1, -0.05) is 20.8 Å². The van der Waals surface area contributed by atoms with Gasteiger partial charge in [0.05, 0.1) is 12.2 Å². The van der Waals surface area contributed by atoms with Gasteiger partial charge in [0.15, 0.2) is 0 Å². The van der Waals surface area contributed by atoms with E-state index in [2.05, 4.69) is 5.73 Å². The van der Waals surface area contributed by atoms with E-state index in [1.165, 1.54) is 0 Å². The number of carbonyl (C=O) groups excluding carboxylic acids is 1. The van der Waals surface area contributed by atoms with Crippen molar-refractivity contribution in [2.24, 2.45) is 11.1 Å². The summed E-state index contributed by atoms with van der Waals surface area (Å²) in [5.74, 6) is -0.325. The van der Waals surface area contributed by atoms with Gasteiger partial charge < -0.3 is 10.8 Å². The molecule has 0 rings (SSSR count). The Bertz CT molecular complexity index is 214. The molecule has 0 saturated carbocycles. The van der Waals surface area contributed by atoms with Crippen LogP contribution in [0.5, 0.6) is 0 Å². The van der Waals surface area contributed by atoms with E-state index in [1.54, 1.807) is 0 Å². The summed E-state index contributed by atoms with van der Waals surface area (Å²) in [7, 11) is 0. The average Bonchev–Trinajstić information content (AvgIpc) is 1.83. The molecular formula is C8H17N2O2+. The fraction of sp³-hybridized carbons (Fsp3) is 0.625. The molecule has 0 radical (unpaired) electrons. The van der Waals surface area contributed by atoms with E-state index in [-0.39, 0.29) is 23.6 Å². The fourth-order valence-corrected chi connectivity index (χ4v) is 1.16. The van der Waals surface area contributed by atoms with Crippen LogP contribution in [-0.2, 0) is 4.79 Å². The summed E-state index contributed by atoms with van der Waals surface area (Å²) in [5.41, 5.74) is 9.02. The molecule has 0 saturated heterocycles. The van der Waals surface area contributed by atoms with Crippen LogP contribution in [0.2, 0.25) is 0 Å². The van der Waals surface area contributed by atoms with Crippen LogP contribution in [0.25, 0.3) is 0 Å². The number of hydrogen-bond donors (Lipinski definition) is 3. The van der Waals surface area contributed by atoms with E-state index >= 15 is 0 Å². The first kappa shape index (κ1) is 11.1. The summed E-state index contributed by atoms with van der Waals surface area (Å²) >= 11 is 0. The Balaban J connectivity index is 5.07. The molecule has 4 nitrogen and oxygen atoms in total. The van der Waals surface area contributed by atoms with E-state index in [9.17, 15) is 4.79 Å². The Labute approximate surface area is 72.2 Å². The molecule has 0 aromatic carbocycles. The summed E-state index contributed by atoms with van der Waals surface area (Å²) in [6.45, 7) is 5.27. The predicted octanol–water partition coefficient (Wildman–Crippen LogP) is -0.994. The van der Waals surface area contributed by atoms with Crippen molar-refractivity contribution in [3.05, 3.63) is 11.3 Å². The maximum absolute atomic E-state index is 11.0. The molecule has 0 spiro atoms. The van der Waals surface area contributed by atoms with E-state index in [4.69, 9.17) is 10.8 Å². The van der Waals surface area contributed by atoms with Crippen molar-refractivity contribution in [1.29, 1.82) is 0 Å². The molecule has 6 N–H and O–H groups in total. The summed E-state index contributed by atoms with van der Waals surface area (Å²) < 4.78 is 0. The third-order valence-corrected chi connectivity index (χ3v) is 1.52. The summed E-state index contributed by atoms with van der Waals surface area (Å²) in [6.07, 6.45) is 0. The van der Waals surface area contributed by atoms with E-state index in [1.807, 2.05) is 20.8 Å². The molecule has 4 heteroatoms. The molecule has 70 valence electrons. The molecule has 1 amide bonds. The first-order chi connectivity index (χ1) is 5.30. The maximum Gasteiger partial charge on any atom is 0.339 e. The normalized spacial score (nSPS) is 14.1. The standard InChI is InChI=1S/C8H16N2O2/c1-8(2,3)6(7(10)12)5(9)4-11/h11H,4,9H2,1-3H3,(H2,10,12)/p+1. The van der Waals surface area contributed by atoms with Crippen LogP contribution in [0.3, 0.4) is 0 Å². The highest BCUT2D eigenvalue weighted by molar-refractivity contribution is 5.87. The minimum Gasteiger partial charge on any atom is -0.400 e. The smallest absolute Gasteiger partial charge is 0.339 e. The molecule has 0 unspecified atom stereocenters. The zero-order valence-corrected chi connectivity index (χ0v) is 7.85. The lowest BCUT2D eigenvalue weighted by Gasteiger charge is -2.20. The van der Waals surface area contributed by atoms with Crippen molar-refractivity contribution in [2.45, 2.75) is 20.8 Å². The van der Waals surface area contributed by atoms with Crippen LogP contribution in [0, 0.1) is 5.41 Å². The van der Waals surface area contributed by atoms with Crippen molar-refractivity contribution in [3.8, 4) is 0 Å². The molecule has 0 atom stereocenters. The third-order valence-electron chi connectivity index (χ3n) is 1.52. The summed E-state index contributed by atoms with van der Waals surface area (Å²) in [5, 5.41) is 8.75. The topological polar surface area (TPSA) is 91.0 Å². The molecule has 0 aliphatic rings. The van der Waals surface area contributed by atoms with Gasteiger partial charge >= 0.3 is 5.91 Å². The van der Waals surface area contributed by atoms with Crippen molar-refractivity contribution in [2.75, 3.05) is 6.61 Å². The molecule has 0 heterocycles. The van der Waals surface area contributed by atoms with Crippen LogP contribution in [-0.4, -0.2) is 17.6 Å². The van der Waals surface area contributed by atoms with Gasteiger partial charge in [-0.25, -0.2) is 4.79 Å². The number of nitrogens with two attached hydrogens (primary N) is 1. The van der Waals surface area contributed by atoms with Crippen molar-refractivity contribution < 1.29 is 15.6 Å². The van der Waals surface area contributed by atoms with Gasteiger partial charge in [-0.15, -0.1) is 0 Å². The quantitative estimate of drug-likeness (QED) is 0.468. The van der Waals surface area contributed by atoms with Gasteiger partial charge in [-0.3, -0.25) is 5.73 Å². The predicted molar refractivity (Wildman–Crippen MR) is 45.6 cm³/mol. The number of amides is 1. The molecule has 0 fully saturated rings. The first-order valence-electron chi connectivity index (χ1n) is 3.77. The number of hydrogen-bond acceptors (Lipinski definition) is 3. The Morgan fingerprint density at radius 1 is 1.50 bits per heavy atom. The van der Waals surface area contributed by atoms with Crippen LogP contribution in [0.15, 0.2) is 11.3 Å². The SMILES string of the molecule is CC(C)(C)C(C([NH3+])=O)=C(N)CO. The monoisotopic (exact) mass is 173 g/mol. The lowest BCUT2D eigenvalue weighted by Crippen LogP contribution is -2.59. The fourth-order valence-electron chi connectivity index (χ4n) is 1.16. The van der Waals surface area contributed by atoms with E-state index in [0.717, 1.165) is 0 Å². The number of carbonyl (C=O) groups is 1. The zero-order chi connectivity index (χ0) is 9.94. The van der Waals surface area contributed by atoms with E-state index < -0.39 is 0 Å². The molecule has 0 aromatic heterocycles. The van der Waals surface area contributed by atoms with Gasteiger partial charge in [0.1, 0.15) is 0 Å². The number of aliphatic hydroxyl groups is 1. The summed E-state index contributed by atoms with van der Waals surface area (Å²) in [4.78, 5) is 11.0. The van der Waals surface area contributed by atoms with Gasteiger partial charge in [0, 0.05) is 5.70 Å². The molecule has 12 heavy (non-hydrogen) atoms. The van der Waals surface area contributed by atoms with Crippen molar-refractivity contribution in [1.82, 2.24) is 0 Å². The molecule has 0 bridgehead atoms. The summed E-state index contributed by atoms with van der Waals surface area (Å²) in [6, 6.07) is 0. The number of quaternary nitrogens is 1. The van der Waals surface area contributed by atoms with Crippen LogP contribution in [0.4, 0.5) is 0 Å². The van der Waals surface area contributed by atoms with E-state index in [0.29, 0.717) is 5.57 Å². The van der Waals surface area contributed by atoms with Crippen LogP contribution < -0.4 is 11.5 Å². The highest BCUT2D eigenvalue weighted by Gasteiger charge is 2.27. The molecule has 0 aliphatic carbocycles. The maximum atomic E-state index is 11.0. The second kappa shape index (κ2) is 3.69. The molecule has 0 aliphatic heterocycles. The Morgan fingerprint density at radius 2 is 1.92 bits per heavy atom. The van der Waals surface area contributed by atoms with Gasteiger partial charge in [0.25, 0.3) is 0 Å².